The van der Waals surface area contributed by atoms with Crippen LogP contribution in [-0.2, 0) is 4.74 Å². The Kier molecular flexibility index (Phi) is 4.56. The minimum Gasteiger partial charge on any atom is -0.463 e. The highest BCUT2D eigenvalue weighted by atomic mass is 16.7. The Labute approximate surface area is 97.9 Å². The molecular weight excluding hydrogens is 200 g/mol. The molecule has 1 rings (SSSR count). The van der Waals surface area contributed by atoms with E-state index in [0.717, 1.165) is 24.2 Å². The lowest BCUT2D eigenvalue weighted by Crippen LogP contribution is -2.34. The molecule has 0 fully saturated rings. The molecule has 2 nitrogen and oxygen atoms in total. The van der Waals surface area contributed by atoms with Gasteiger partial charge < -0.3 is 9.47 Å². The molecule has 0 spiro atoms. The standard InChI is InChI=1S/C14H20O2/c1-5-11-14(3,15-4)16-13-9-7-12(6-2)8-10-13/h6-10H,2,5,11H2,1,3-4H3. The van der Waals surface area contributed by atoms with Crippen molar-refractivity contribution in [3.63, 3.8) is 0 Å². The quantitative estimate of drug-likeness (QED) is 0.677. The van der Waals surface area contributed by atoms with Crippen molar-refractivity contribution < 1.29 is 9.47 Å². The van der Waals surface area contributed by atoms with Crippen molar-refractivity contribution in [2.45, 2.75) is 32.5 Å². The van der Waals surface area contributed by atoms with Crippen LogP contribution in [0, 0.1) is 0 Å². The van der Waals surface area contributed by atoms with Gasteiger partial charge in [0, 0.05) is 20.5 Å². The van der Waals surface area contributed by atoms with E-state index in [1.54, 1.807) is 7.11 Å². The van der Waals surface area contributed by atoms with Crippen molar-refractivity contribution in [3.8, 4) is 5.75 Å². The van der Waals surface area contributed by atoms with Crippen molar-refractivity contribution in [1.82, 2.24) is 0 Å². The van der Waals surface area contributed by atoms with E-state index in [9.17, 15) is 0 Å². The van der Waals surface area contributed by atoms with Gasteiger partial charge in [0.05, 0.1) is 0 Å². The predicted molar refractivity (Wildman–Crippen MR) is 67.5 cm³/mol. The number of hydrogen-bond acceptors (Lipinski definition) is 2. The molecule has 0 aliphatic rings. The average Bonchev–Trinajstić information content (AvgIpc) is 2.30. The number of ether oxygens (including phenoxy) is 2. The summed E-state index contributed by atoms with van der Waals surface area (Å²) >= 11 is 0. The normalized spacial score (nSPS) is 14.2. The van der Waals surface area contributed by atoms with E-state index < -0.39 is 5.79 Å². The Morgan fingerprint density at radius 2 is 1.94 bits per heavy atom. The minimum absolute atomic E-state index is 0.537. The van der Waals surface area contributed by atoms with Crippen LogP contribution in [0.15, 0.2) is 30.8 Å². The summed E-state index contributed by atoms with van der Waals surface area (Å²) in [4.78, 5) is 0. The average molecular weight is 220 g/mol. The van der Waals surface area contributed by atoms with Crippen LogP contribution in [0.25, 0.3) is 6.08 Å². The molecule has 88 valence electrons. The Morgan fingerprint density at radius 3 is 2.38 bits per heavy atom. The van der Waals surface area contributed by atoms with E-state index in [-0.39, 0.29) is 0 Å². The molecule has 0 saturated heterocycles. The second-order valence-electron chi connectivity index (χ2n) is 3.96. The lowest BCUT2D eigenvalue weighted by atomic mass is 10.1. The van der Waals surface area contributed by atoms with Gasteiger partial charge in [0.15, 0.2) is 0 Å². The third-order valence-corrected chi connectivity index (χ3v) is 2.59. The van der Waals surface area contributed by atoms with Crippen LogP contribution in [0.2, 0.25) is 0 Å². The fourth-order valence-corrected chi connectivity index (χ4v) is 1.57. The summed E-state index contributed by atoms with van der Waals surface area (Å²) in [7, 11) is 1.67. The number of hydrogen-bond donors (Lipinski definition) is 0. The van der Waals surface area contributed by atoms with Crippen molar-refractivity contribution >= 4 is 6.08 Å². The van der Waals surface area contributed by atoms with Gasteiger partial charge in [-0.15, -0.1) is 0 Å². The van der Waals surface area contributed by atoms with Crippen molar-refractivity contribution in [2.24, 2.45) is 0 Å². The van der Waals surface area contributed by atoms with Gasteiger partial charge in [-0.2, -0.15) is 0 Å². The zero-order chi connectivity index (χ0) is 12.0. The monoisotopic (exact) mass is 220 g/mol. The second kappa shape index (κ2) is 5.71. The first kappa shape index (κ1) is 12.8. The van der Waals surface area contributed by atoms with Gasteiger partial charge in [-0.1, -0.05) is 31.7 Å². The van der Waals surface area contributed by atoms with Crippen LogP contribution in [-0.4, -0.2) is 12.9 Å². The highest BCUT2D eigenvalue weighted by Crippen LogP contribution is 2.23. The number of methoxy groups -OCH3 is 1. The fourth-order valence-electron chi connectivity index (χ4n) is 1.57. The minimum atomic E-state index is -0.537. The largest absolute Gasteiger partial charge is 0.463 e. The topological polar surface area (TPSA) is 18.5 Å². The summed E-state index contributed by atoms with van der Waals surface area (Å²) < 4.78 is 11.2. The van der Waals surface area contributed by atoms with E-state index >= 15 is 0 Å². The van der Waals surface area contributed by atoms with Crippen molar-refractivity contribution in [1.29, 1.82) is 0 Å². The van der Waals surface area contributed by atoms with Gasteiger partial charge in [-0.05, 0) is 24.1 Å². The molecule has 0 aromatic heterocycles. The maximum Gasteiger partial charge on any atom is 0.207 e. The molecule has 0 aliphatic heterocycles. The molecule has 1 aromatic carbocycles. The van der Waals surface area contributed by atoms with Gasteiger partial charge in [0.25, 0.3) is 0 Å². The van der Waals surface area contributed by atoms with Crippen LogP contribution in [0.3, 0.4) is 0 Å². The summed E-state index contributed by atoms with van der Waals surface area (Å²) in [5, 5.41) is 0. The molecule has 0 aliphatic carbocycles. The molecule has 0 radical (unpaired) electrons. The summed E-state index contributed by atoms with van der Waals surface area (Å²) in [6.45, 7) is 7.78. The first-order chi connectivity index (χ1) is 7.63. The van der Waals surface area contributed by atoms with Crippen LogP contribution >= 0.6 is 0 Å². The third kappa shape index (κ3) is 3.38. The Bertz CT molecular complexity index is 329. The molecule has 1 unspecified atom stereocenters. The predicted octanol–water partition coefficient (Wildman–Crippen LogP) is 3.87. The summed E-state index contributed by atoms with van der Waals surface area (Å²) in [5.41, 5.74) is 1.09. The SMILES string of the molecule is C=Cc1ccc(OC(C)(CCC)OC)cc1. The van der Waals surface area contributed by atoms with Crippen LogP contribution in [0.4, 0.5) is 0 Å². The number of benzene rings is 1. The highest BCUT2D eigenvalue weighted by Gasteiger charge is 2.24. The van der Waals surface area contributed by atoms with Gasteiger partial charge in [-0.3, -0.25) is 0 Å². The lowest BCUT2D eigenvalue weighted by Gasteiger charge is -2.28. The van der Waals surface area contributed by atoms with E-state index in [2.05, 4.69) is 13.5 Å². The van der Waals surface area contributed by atoms with E-state index in [1.165, 1.54) is 0 Å². The van der Waals surface area contributed by atoms with Gasteiger partial charge in [0.1, 0.15) is 5.75 Å². The molecule has 1 aromatic rings. The summed E-state index contributed by atoms with van der Waals surface area (Å²) in [6, 6.07) is 7.82. The van der Waals surface area contributed by atoms with Gasteiger partial charge in [-0.25, -0.2) is 0 Å². The molecule has 0 heterocycles. The highest BCUT2D eigenvalue weighted by molar-refractivity contribution is 5.48. The molecule has 0 N–H and O–H groups in total. The smallest absolute Gasteiger partial charge is 0.207 e. The first-order valence-electron chi connectivity index (χ1n) is 5.60. The van der Waals surface area contributed by atoms with Gasteiger partial charge >= 0.3 is 0 Å². The molecule has 1 atom stereocenters. The summed E-state index contributed by atoms with van der Waals surface area (Å²) in [5.74, 6) is 0.285. The molecule has 16 heavy (non-hydrogen) atoms. The van der Waals surface area contributed by atoms with E-state index in [4.69, 9.17) is 9.47 Å². The maximum atomic E-state index is 5.83. The third-order valence-electron chi connectivity index (χ3n) is 2.59. The zero-order valence-electron chi connectivity index (χ0n) is 10.3. The number of rotatable bonds is 6. The first-order valence-corrected chi connectivity index (χ1v) is 5.60. The second-order valence-corrected chi connectivity index (χ2v) is 3.96. The van der Waals surface area contributed by atoms with Crippen molar-refractivity contribution in [3.05, 3.63) is 36.4 Å². The van der Waals surface area contributed by atoms with Crippen LogP contribution in [0.5, 0.6) is 5.75 Å². The fraction of sp³-hybridized carbons (Fsp3) is 0.429. The molecule has 2 heteroatoms. The Hall–Kier alpha value is -1.28. The molecule has 0 bridgehead atoms. The molecule has 0 saturated carbocycles. The van der Waals surface area contributed by atoms with Gasteiger partial charge in [0.2, 0.25) is 5.79 Å². The van der Waals surface area contributed by atoms with Crippen molar-refractivity contribution in [2.75, 3.05) is 7.11 Å². The Morgan fingerprint density at radius 1 is 1.31 bits per heavy atom. The van der Waals surface area contributed by atoms with E-state index in [1.807, 2.05) is 37.3 Å². The lowest BCUT2D eigenvalue weighted by molar-refractivity contribution is -0.154. The van der Waals surface area contributed by atoms with Crippen LogP contribution < -0.4 is 4.74 Å². The van der Waals surface area contributed by atoms with Crippen LogP contribution in [0.1, 0.15) is 32.3 Å². The maximum absolute atomic E-state index is 5.83. The Balaban J connectivity index is 2.73. The van der Waals surface area contributed by atoms with E-state index in [0.29, 0.717) is 0 Å². The molecule has 0 amide bonds. The summed E-state index contributed by atoms with van der Waals surface area (Å²) in [6.07, 6.45) is 3.70. The molecular formula is C14H20O2. The zero-order valence-corrected chi connectivity index (χ0v) is 10.3.